The van der Waals surface area contributed by atoms with E-state index >= 15 is 0 Å². The predicted octanol–water partition coefficient (Wildman–Crippen LogP) is 1.63. The molecular formula is C18H25N3O3. The summed E-state index contributed by atoms with van der Waals surface area (Å²) in [7, 11) is 0. The van der Waals surface area contributed by atoms with Crippen LogP contribution in [0.2, 0.25) is 0 Å². The minimum atomic E-state index is -0.336. The molecule has 3 atom stereocenters. The summed E-state index contributed by atoms with van der Waals surface area (Å²) in [4.78, 5) is 29.9. The molecule has 24 heavy (non-hydrogen) atoms. The Morgan fingerprint density at radius 3 is 2.83 bits per heavy atom. The summed E-state index contributed by atoms with van der Waals surface area (Å²) in [5, 5.41) is 3.43. The molecule has 3 unspecified atom stereocenters. The third-order valence-electron chi connectivity index (χ3n) is 5.69. The molecule has 2 bridgehead atoms. The van der Waals surface area contributed by atoms with Gasteiger partial charge >= 0.3 is 0 Å². The lowest BCUT2D eigenvalue weighted by molar-refractivity contribution is -0.139. The van der Waals surface area contributed by atoms with E-state index in [1.807, 2.05) is 0 Å². The zero-order chi connectivity index (χ0) is 16.5. The molecule has 0 radical (unpaired) electrons. The minimum absolute atomic E-state index is 0.144. The molecule has 0 aromatic carbocycles. The van der Waals surface area contributed by atoms with E-state index in [9.17, 15) is 9.59 Å². The first-order chi connectivity index (χ1) is 11.8. The van der Waals surface area contributed by atoms with Gasteiger partial charge < -0.3 is 19.5 Å². The molecule has 1 aromatic heterocycles. The highest BCUT2D eigenvalue weighted by atomic mass is 16.3. The van der Waals surface area contributed by atoms with Gasteiger partial charge in [-0.3, -0.25) is 9.59 Å². The van der Waals surface area contributed by atoms with Gasteiger partial charge in [0, 0.05) is 25.2 Å². The Morgan fingerprint density at radius 1 is 1.12 bits per heavy atom. The molecule has 2 amide bonds. The second-order valence-corrected chi connectivity index (χ2v) is 7.11. The van der Waals surface area contributed by atoms with Crippen molar-refractivity contribution in [2.45, 2.75) is 56.7 Å². The highest BCUT2D eigenvalue weighted by molar-refractivity contribution is 5.95. The van der Waals surface area contributed by atoms with Crippen LogP contribution in [0.5, 0.6) is 0 Å². The van der Waals surface area contributed by atoms with Crippen LogP contribution in [0.15, 0.2) is 22.8 Å². The van der Waals surface area contributed by atoms with E-state index in [1.165, 1.54) is 6.26 Å². The first kappa shape index (κ1) is 15.7. The van der Waals surface area contributed by atoms with Gasteiger partial charge in [-0.25, -0.2) is 0 Å². The lowest BCUT2D eigenvalue weighted by atomic mass is 9.99. The van der Waals surface area contributed by atoms with Gasteiger partial charge in [-0.1, -0.05) is 0 Å². The van der Waals surface area contributed by atoms with E-state index in [0.29, 0.717) is 18.3 Å². The van der Waals surface area contributed by atoms with Gasteiger partial charge in [0.05, 0.1) is 6.26 Å². The van der Waals surface area contributed by atoms with Crippen molar-refractivity contribution in [3.05, 3.63) is 24.2 Å². The van der Waals surface area contributed by atoms with Crippen molar-refractivity contribution < 1.29 is 14.0 Å². The summed E-state index contributed by atoms with van der Waals surface area (Å²) in [6.07, 6.45) is 7.40. The van der Waals surface area contributed by atoms with Gasteiger partial charge in [-0.15, -0.1) is 0 Å². The van der Waals surface area contributed by atoms with E-state index < -0.39 is 0 Å². The predicted molar refractivity (Wildman–Crippen MR) is 88.5 cm³/mol. The van der Waals surface area contributed by atoms with Crippen LogP contribution < -0.4 is 5.32 Å². The Kier molecular flexibility index (Phi) is 4.31. The van der Waals surface area contributed by atoms with Crippen LogP contribution in [-0.2, 0) is 4.79 Å². The molecule has 0 saturated carbocycles. The van der Waals surface area contributed by atoms with Crippen molar-refractivity contribution in [3.63, 3.8) is 0 Å². The Balaban J connectivity index is 1.56. The molecule has 0 aliphatic carbocycles. The molecule has 3 fully saturated rings. The van der Waals surface area contributed by atoms with Crippen molar-refractivity contribution in [1.29, 1.82) is 0 Å². The summed E-state index contributed by atoms with van der Waals surface area (Å²) >= 11 is 0. The van der Waals surface area contributed by atoms with Crippen molar-refractivity contribution in [3.8, 4) is 0 Å². The maximum atomic E-state index is 13.3. The minimum Gasteiger partial charge on any atom is -0.459 e. The molecule has 1 N–H and O–H groups in total. The van der Waals surface area contributed by atoms with Crippen LogP contribution in [0.3, 0.4) is 0 Å². The van der Waals surface area contributed by atoms with Crippen LogP contribution in [0, 0.1) is 0 Å². The first-order valence-electron chi connectivity index (χ1n) is 9.13. The van der Waals surface area contributed by atoms with E-state index in [0.717, 1.165) is 51.6 Å². The number of amides is 2. The van der Waals surface area contributed by atoms with Gasteiger partial charge in [0.1, 0.15) is 6.04 Å². The fourth-order valence-electron chi connectivity index (χ4n) is 4.49. The lowest BCUT2D eigenvalue weighted by Gasteiger charge is -2.39. The van der Waals surface area contributed by atoms with Gasteiger partial charge in [-0.2, -0.15) is 0 Å². The van der Waals surface area contributed by atoms with Crippen molar-refractivity contribution in [2.75, 3.05) is 19.6 Å². The lowest BCUT2D eigenvalue weighted by Crippen LogP contribution is -2.56. The van der Waals surface area contributed by atoms with Crippen molar-refractivity contribution in [2.24, 2.45) is 0 Å². The maximum absolute atomic E-state index is 13.3. The molecule has 4 rings (SSSR count). The largest absolute Gasteiger partial charge is 0.459 e. The molecule has 6 nitrogen and oxygen atoms in total. The molecule has 0 spiro atoms. The third-order valence-corrected chi connectivity index (χ3v) is 5.69. The molecule has 3 aliphatic rings. The summed E-state index contributed by atoms with van der Waals surface area (Å²) in [5.41, 5.74) is 0. The maximum Gasteiger partial charge on any atom is 0.290 e. The fraction of sp³-hybridized carbons (Fsp3) is 0.667. The van der Waals surface area contributed by atoms with E-state index in [-0.39, 0.29) is 23.9 Å². The number of hydrogen-bond donors (Lipinski definition) is 1. The summed E-state index contributed by atoms with van der Waals surface area (Å²) in [6, 6.07) is 3.68. The highest BCUT2D eigenvalue weighted by Crippen LogP contribution is 2.31. The van der Waals surface area contributed by atoms with E-state index in [4.69, 9.17) is 4.42 Å². The second kappa shape index (κ2) is 6.59. The number of nitrogens with zero attached hydrogens (tertiary/aromatic N) is 2. The number of hydrogen-bond acceptors (Lipinski definition) is 4. The van der Waals surface area contributed by atoms with Crippen molar-refractivity contribution >= 4 is 11.8 Å². The molecule has 3 saturated heterocycles. The number of carbonyl (C=O) groups excluding carboxylic acids is 2. The van der Waals surface area contributed by atoms with Gasteiger partial charge in [0.15, 0.2) is 5.76 Å². The Bertz CT molecular complexity index is 587. The number of piperidine rings is 1. The molecule has 3 aliphatic heterocycles. The molecular weight excluding hydrogens is 306 g/mol. The van der Waals surface area contributed by atoms with Crippen molar-refractivity contribution in [1.82, 2.24) is 15.1 Å². The molecule has 130 valence electrons. The average molecular weight is 331 g/mol. The van der Waals surface area contributed by atoms with E-state index in [2.05, 4.69) is 10.2 Å². The number of carbonyl (C=O) groups is 2. The second-order valence-electron chi connectivity index (χ2n) is 7.11. The standard InChI is InChI=1S/C18H25N3O3/c22-17(21-13-6-7-14(21)12-19-9-8-13)15-4-1-2-10-20(15)18(23)16-5-3-11-24-16/h3,5,11,13-15,19H,1-2,4,6-10,12H2. The quantitative estimate of drug-likeness (QED) is 0.894. The Morgan fingerprint density at radius 2 is 2.00 bits per heavy atom. The molecule has 6 heteroatoms. The Hall–Kier alpha value is -1.82. The van der Waals surface area contributed by atoms with Gasteiger partial charge in [-0.05, 0) is 57.2 Å². The monoisotopic (exact) mass is 331 g/mol. The van der Waals surface area contributed by atoms with E-state index in [1.54, 1.807) is 17.0 Å². The first-order valence-corrected chi connectivity index (χ1v) is 9.13. The van der Waals surface area contributed by atoms with Crippen LogP contribution in [0.1, 0.15) is 49.1 Å². The number of likely N-dealkylation sites (tertiary alicyclic amines) is 1. The van der Waals surface area contributed by atoms with Crippen LogP contribution >= 0.6 is 0 Å². The van der Waals surface area contributed by atoms with Gasteiger partial charge in [0.2, 0.25) is 5.91 Å². The normalized spacial score (nSPS) is 30.2. The number of furan rings is 1. The highest BCUT2D eigenvalue weighted by Gasteiger charge is 2.43. The topological polar surface area (TPSA) is 65.8 Å². The summed E-state index contributed by atoms with van der Waals surface area (Å²) in [6.45, 7) is 2.49. The fourth-order valence-corrected chi connectivity index (χ4v) is 4.49. The summed E-state index contributed by atoms with van der Waals surface area (Å²) < 4.78 is 5.27. The smallest absolute Gasteiger partial charge is 0.290 e. The molecule has 4 heterocycles. The van der Waals surface area contributed by atoms with Crippen LogP contribution in [0.25, 0.3) is 0 Å². The summed E-state index contributed by atoms with van der Waals surface area (Å²) in [5.74, 6) is 0.319. The van der Waals surface area contributed by atoms with Crippen LogP contribution in [-0.4, -0.2) is 59.4 Å². The van der Waals surface area contributed by atoms with Gasteiger partial charge in [0.25, 0.3) is 5.91 Å². The average Bonchev–Trinajstić information content (AvgIpc) is 3.21. The Labute approximate surface area is 142 Å². The zero-order valence-corrected chi connectivity index (χ0v) is 13.9. The number of rotatable bonds is 2. The zero-order valence-electron chi connectivity index (χ0n) is 13.9. The molecule has 1 aromatic rings. The SMILES string of the molecule is O=C(c1ccco1)N1CCCCC1C(=O)N1C2CCNCC1CC2. The number of nitrogens with one attached hydrogen (secondary N) is 1. The number of fused-ring (bicyclic) bond motifs is 2. The van der Waals surface area contributed by atoms with Crippen LogP contribution in [0.4, 0.5) is 0 Å². The third kappa shape index (κ3) is 2.73.